The number of carbonyl (C=O) groups excluding carboxylic acids is 1. The highest BCUT2D eigenvalue weighted by Crippen LogP contribution is 2.33. The number of hydrogen-bond donors (Lipinski definition) is 0. The van der Waals surface area contributed by atoms with Gasteiger partial charge >= 0.3 is 0 Å². The summed E-state index contributed by atoms with van der Waals surface area (Å²) in [4.78, 5) is 14.8. The fraction of sp³-hybridized carbons (Fsp3) is 0.545. The molecule has 1 aromatic heterocycles. The van der Waals surface area contributed by atoms with Crippen molar-refractivity contribution in [1.29, 1.82) is 0 Å². The van der Waals surface area contributed by atoms with E-state index in [1.54, 1.807) is 0 Å². The molecule has 0 aromatic carbocycles. The smallest absolute Gasteiger partial charge is 0.264 e. The number of nitrogens with zero attached hydrogens (tertiary/aromatic N) is 1. The molecule has 0 aliphatic carbocycles. The lowest BCUT2D eigenvalue weighted by Gasteiger charge is -2.20. The summed E-state index contributed by atoms with van der Waals surface area (Å²) >= 11 is 14.0. The first-order valence-electron chi connectivity index (χ1n) is 5.40. The number of amides is 1. The molecule has 0 bridgehead atoms. The highest BCUT2D eigenvalue weighted by molar-refractivity contribution is 9.13. The number of carbonyl (C=O) groups is 1. The van der Waals surface area contributed by atoms with Crippen molar-refractivity contribution in [3.63, 3.8) is 0 Å². The third-order valence-electron chi connectivity index (χ3n) is 2.28. The topological polar surface area (TPSA) is 20.3 Å². The number of unbranched alkanes of at least 4 members (excludes halogenated alkanes) is 1. The lowest BCUT2D eigenvalue weighted by atomic mass is 10.3. The lowest BCUT2D eigenvalue weighted by Crippen LogP contribution is -2.33. The highest BCUT2D eigenvalue weighted by atomic mass is 79.9. The predicted molar refractivity (Wildman–Crippen MR) is 81.3 cm³/mol. The van der Waals surface area contributed by atoms with Crippen molar-refractivity contribution in [3.05, 3.63) is 19.2 Å². The predicted octanol–water partition coefficient (Wildman–Crippen LogP) is 4.75. The van der Waals surface area contributed by atoms with Crippen molar-refractivity contribution in [2.24, 2.45) is 0 Å². The van der Waals surface area contributed by atoms with Gasteiger partial charge in [-0.25, -0.2) is 0 Å². The van der Waals surface area contributed by atoms with Gasteiger partial charge in [-0.3, -0.25) is 4.79 Å². The van der Waals surface area contributed by atoms with Gasteiger partial charge in [-0.15, -0.1) is 22.9 Å². The van der Waals surface area contributed by atoms with Crippen LogP contribution in [0, 0.1) is 0 Å². The van der Waals surface area contributed by atoms with Crippen molar-refractivity contribution in [3.8, 4) is 0 Å². The van der Waals surface area contributed by atoms with E-state index < -0.39 is 0 Å². The molecule has 0 unspecified atom stereocenters. The van der Waals surface area contributed by atoms with Crippen LogP contribution in [0.15, 0.2) is 14.3 Å². The molecule has 0 fully saturated rings. The van der Waals surface area contributed by atoms with Gasteiger partial charge in [-0.2, -0.15) is 0 Å². The Morgan fingerprint density at radius 1 is 1.47 bits per heavy atom. The minimum Gasteiger partial charge on any atom is -0.337 e. The van der Waals surface area contributed by atoms with Crippen LogP contribution in [0.4, 0.5) is 0 Å². The molecule has 1 aromatic rings. The zero-order valence-electron chi connectivity index (χ0n) is 9.51. The van der Waals surface area contributed by atoms with Crippen molar-refractivity contribution >= 4 is 60.7 Å². The quantitative estimate of drug-likeness (QED) is 0.628. The molecule has 2 nitrogen and oxygen atoms in total. The van der Waals surface area contributed by atoms with Gasteiger partial charge in [0.25, 0.3) is 5.91 Å². The molecule has 0 saturated heterocycles. The van der Waals surface area contributed by atoms with Crippen LogP contribution >= 0.6 is 54.8 Å². The summed E-state index contributed by atoms with van der Waals surface area (Å²) < 4.78 is 1.87. The summed E-state index contributed by atoms with van der Waals surface area (Å²) in [5, 5.41) is 0. The van der Waals surface area contributed by atoms with Crippen LogP contribution in [-0.4, -0.2) is 29.8 Å². The van der Waals surface area contributed by atoms with Crippen LogP contribution in [0.1, 0.15) is 29.4 Å². The average molecular weight is 404 g/mol. The second-order valence-electron chi connectivity index (χ2n) is 3.57. The Morgan fingerprint density at radius 3 is 2.65 bits per heavy atom. The first-order valence-corrected chi connectivity index (χ1v) is 8.34. The standard InChI is InChI=1S/C11H14Br2ClNOS/c1-2-3-5-15(6-4-14)11(16)9-7-8(12)10(13)17-9/h7H,2-6H2,1H3. The molecule has 0 aliphatic heterocycles. The average Bonchev–Trinajstić information content (AvgIpc) is 2.64. The number of hydrogen-bond acceptors (Lipinski definition) is 2. The van der Waals surface area contributed by atoms with E-state index in [2.05, 4.69) is 38.8 Å². The molecule has 1 heterocycles. The molecule has 6 heteroatoms. The summed E-state index contributed by atoms with van der Waals surface area (Å²) in [5.41, 5.74) is 0. The minimum atomic E-state index is 0.0653. The Hall–Kier alpha value is 0.420. The van der Waals surface area contributed by atoms with Crippen LogP contribution in [0.3, 0.4) is 0 Å². The maximum Gasteiger partial charge on any atom is 0.264 e. The molecular formula is C11H14Br2ClNOS. The SMILES string of the molecule is CCCCN(CCCl)C(=O)c1cc(Br)c(Br)s1. The van der Waals surface area contributed by atoms with E-state index in [-0.39, 0.29) is 5.91 Å². The van der Waals surface area contributed by atoms with Crippen molar-refractivity contribution in [1.82, 2.24) is 4.90 Å². The van der Waals surface area contributed by atoms with Crippen molar-refractivity contribution < 1.29 is 4.79 Å². The van der Waals surface area contributed by atoms with Gasteiger partial charge in [0.2, 0.25) is 0 Å². The van der Waals surface area contributed by atoms with Gasteiger partial charge in [0, 0.05) is 23.4 Å². The van der Waals surface area contributed by atoms with E-state index in [9.17, 15) is 4.79 Å². The summed E-state index contributed by atoms with van der Waals surface area (Å²) in [5.74, 6) is 0.541. The Balaban J connectivity index is 2.76. The first kappa shape index (κ1) is 15.5. The van der Waals surface area contributed by atoms with Crippen LogP contribution < -0.4 is 0 Å². The van der Waals surface area contributed by atoms with E-state index in [4.69, 9.17) is 11.6 Å². The zero-order valence-corrected chi connectivity index (χ0v) is 14.3. The van der Waals surface area contributed by atoms with Crippen LogP contribution in [0.5, 0.6) is 0 Å². The summed E-state index contributed by atoms with van der Waals surface area (Å²) in [6, 6.07) is 1.85. The molecular weight excluding hydrogens is 389 g/mol. The fourth-order valence-corrected chi connectivity index (χ4v) is 3.58. The Labute approximate surface area is 128 Å². The Kier molecular flexibility index (Phi) is 7.07. The molecule has 1 rings (SSSR count). The van der Waals surface area contributed by atoms with E-state index in [1.807, 2.05) is 11.0 Å². The van der Waals surface area contributed by atoms with Gasteiger partial charge in [-0.05, 0) is 44.3 Å². The van der Waals surface area contributed by atoms with Crippen LogP contribution in [0.2, 0.25) is 0 Å². The molecule has 96 valence electrons. The van der Waals surface area contributed by atoms with Gasteiger partial charge in [-0.1, -0.05) is 13.3 Å². The summed E-state index contributed by atoms with van der Waals surface area (Å²) in [6.45, 7) is 3.49. The molecule has 0 aliphatic rings. The zero-order chi connectivity index (χ0) is 12.8. The van der Waals surface area contributed by atoms with Crippen molar-refractivity contribution in [2.75, 3.05) is 19.0 Å². The van der Waals surface area contributed by atoms with Gasteiger partial charge in [0.05, 0.1) is 8.66 Å². The van der Waals surface area contributed by atoms with E-state index in [0.29, 0.717) is 12.4 Å². The number of halogens is 3. The molecule has 0 N–H and O–H groups in total. The molecule has 0 saturated carbocycles. The first-order chi connectivity index (χ1) is 8.10. The Morgan fingerprint density at radius 2 is 2.18 bits per heavy atom. The molecule has 0 spiro atoms. The van der Waals surface area contributed by atoms with E-state index in [1.165, 1.54) is 11.3 Å². The lowest BCUT2D eigenvalue weighted by molar-refractivity contribution is 0.0768. The Bertz CT molecular complexity index is 364. The minimum absolute atomic E-state index is 0.0653. The third kappa shape index (κ3) is 4.54. The normalized spacial score (nSPS) is 10.6. The van der Waals surface area contributed by atoms with Gasteiger partial charge in [0.15, 0.2) is 0 Å². The largest absolute Gasteiger partial charge is 0.337 e. The second-order valence-corrected chi connectivity index (χ2v) is 7.17. The monoisotopic (exact) mass is 401 g/mol. The molecule has 1 amide bonds. The summed E-state index contributed by atoms with van der Waals surface area (Å²) in [7, 11) is 0. The number of alkyl halides is 1. The third-order valence-corrected chi connectivity index (χ3v) is 5.69. The second kappa shape index (κ2) is 7.77. The number of rotatable bonds is 6. The maximum atomic E-state index is 12.2. The van der Waals surface area contributed by atoms with Crippen LogP contribution in [-0.2, 0) is 0 Å². The fourth-order valence-electron chi connectivity index (χ4n) is 1.37. The van der Waals surface area contributed by atoms with Crippen molar-refractivity contribution in [2.45, 2.75) is 19.8 Å². The van der Waals surface area contributed by atoms with E-state index in [0.717, 1.165) is 32.5 Å². The van der Waals surface area contributed by atoms with E-state index >= 15 is 0 Å². The highest BCUT2D eigenvalue weighted by Gasteiger charge is 2.18. The number of thiophene rings is 1. The maximum absolute atomic E-state index is 12.2. The summed E-state index contributed by atoms with van der Waals surface area (Å²) in [6.07, 6.45) is 2.08. The molecule has 0 atom stereocenters. The van der Waals surface area contributed by atoms with Gasteiger partial charge < -0.3 is 4.90 Å². The molecule has 0 radical (unpaired) electrons. The van der Waals surface area contributed by atoms with Crippen LogP contribution in [0.25, 0.3) is 0 Å². The molecule has 17 heavy (non-hydrogen) atoms. The van der Waals surface area contributed by atoms with Gasteiger partial charge in [0.1, 0.15) is 0 Å².